The summed E-state index contributed by atoms with van der Waals surface area (Å²) in [6, 6.07) is 36.5. The fraction of sp³-hybridized carbons (Fsp3) is 0.123. The van der Waals surface area contributed by atoms with E-state index in [0.29, 0.717) is 5.95 Å². The molecule has 4 nitrogen and oxygen atoms in total. The first-order chi connectivity index (χ1) is 30.3. The zero-order valence-corrected chi connectivity index (χ0v) is 36.3. The summed E-state index contributed by atoms with van der Waals surface area (Å²) in [5, 5.41) is 8.08. The maximum absolute atomic E-state index is 5.40. The number of fused-ring (bicyclic) bond motifs is 9. The highest BCUT2D eigenvalue weighted by Gasteiger charge is 2.27. The smallest absolute Gasteiger partial charge is 0.235 e. The molecule has 5 heteroatoms. The van der Waals surface area contributed by atoms with Gasteiger partial charge in [-0.1, -0.05) is 160 Å². The van der Waals surface area contributed by atoms with E-state index in [9.17, 15) is 0 Å². The standard InChI is InChI=1S/C57H48N4S/c1-6-43-48(7-2)60(50-33-31-41-26-17-25-40(52(41)53(43)50)22-12-11-20-38(4)62)37(3)19-18-34-57(5)35-47-45-28-15-16-29-49(45)61(51(47)36-57)56-58-54(42-23-9-8-10-24-42)46-32-30-39-21-13-14-27-44(39)55(46)59-56/h6,8-24,26-36,40,62H,1,4,7,25H2,2-3,5H3/b20-11-,22-12?,34-18-,37-19+. The SMILES string of the molecule is C=Cc1c(CC)n(/C(C)=C/C=C\C2(C)C=c3c(n(-c4nc(-c5ccccc5)c5ccc6ccccc6c5n4)c4ccccc34)=C2)c2ccc3c(c12)C(C=C/C=C\C(=C)S)CC=C3. The molecule has 0 fully saturated rings. The van der Waals surface area contributed by atoms with Gasteiger partial charge in [-0.2, -0.15) is 0 Å². The lowest BCUT2D eigenvalue weighted by Gasteiger charge is -2.21. The van der Waals surface area contributed by atoms with Crippen molar-refractivity contribution in [2.75, 3.05) is 0 Å². The molecule has 0 saturated carbocycles. The minimum atomic E-state index is -0.351. The Morgan fingerprint density at radius 1 is 0.855 bits per heavy atom. The second kappa shape index (κ2) is 15.8. The molecule has 2 unspecified atom stereocenters. The largest absolute Gasteiger partial charge is 0.317 e. The molecule has 0 radical (unpaired) electrons. The molecule has 3 aromatic heterocycles. The number of para-hydroxylation sites is 1. The Morgan fingerprint density at radius 2 is 1.65 bits per heavy atom. The summed E-state index contributed by atoms with van der Waals surface area (Å²) >= 11 is 4.33. The van der Waals surface area contributed by atoms with Gasteiger partial charge in [0.15, 0.2) is 0 Å². The number of allylic oxidation sites excluding steroid dienone is 9. The summed E-state index contributed by atoms with van der Waals surface area (Å²) in [6.07, 6.45) is 28.3. The van der Waals surface area contributed by atoms with Gasteiger partial charge in [0, 0.05) is 60.6 Å². The Morgan fingerprint density at radius 3 is 2.45 bits per heavy atom. The van der Waals surface area contributed by atoms with Gasteiger partial charge in [-0.15, -0.1) is 12.6 Å². The van der Waals surface area contributed by atoms with Gasteiger partial charge in [-0.25, -0.2) is 9.97 Å². The van der Waals surface area contributed by atoms with Crippen molar-refractivity contribution in [3.05, 3.63) is 203 Å². The van der Waals surface area contributed by atoms with E-state index in [-0.39, 0.29) is 11.3 Å². The predicted octanol–water partition coefficient (Wildman–Crippen LogP) is 13.3. The van der Waals surface area contributed by atoms with E-state index in [1.54, 1.807) is 0 Å². The van der Waals surface area contributed by atoms with Crippen LogP contribution in [0.15, 0.2) is 170 Å². The summed E-state index contributed by atoms with van der Waals surface area (Å²) in [4.78, 5) is 11.5. The number of thiol groups is 1. The Balaban J connectivity index is 1.08. The lowest BCUT2D eigenvalue weighted by atomic mass is 9.83. The Bertz CT molecular complexity index is 3440. The van der Waals surface area contributed by atoms with E-state index in [1.165, 1.54) is 43.9 Å². The van der Waals surface area contributed by atoms with Crippen LogP contribution in [0.2, 0.25) is 0 Å². The van der Waals surface area contributed by atoms with E-state index in [2.05, 4.69) is 220 Å². The summed E-state index contributed by atoms with van der Waals surface area (Å²) in [6.45, 7) is 15.0. The quantitative estimate of drug-likeness (QED) is 0.0847. The summed E-state index contributed by atoms with van der Waals surface area (Å²) in [7, 11) is 0. The van der Waals surface area contributed by atoms with E-state index >= 15 is 0 Å². The van der Waals surface area contributed by atoms with Crippen molar-refractivity contribution in [3.8, 4) is 17.2 Å². The number of hydrogen-bond donors (Lipinski definition) is 1. The van der Waals surface area contributed by atoms with Crippen LogP contribution in [-0.4, -0.2) is 19.1 Å². The first-order valence-electron chi connectivity index (χ1n) is 21.5. The topological polar surface area (TPSA) is 35.6 Å². The van der Waals surface area contributed by atoms with Crippen LogP contribution in [0.3, 0.4) is 0 Å². The summed E-state index contributed by atoms with van der Waals surface area (Å²) < 4.78 is 4.70. The zero-order chi connectivity index (χ0) is 42.5. The van der Waals surface area contributed by atoms with E-state index < -0.39 is 0 Å². The fourth-order valence-electron chi connectivity index (χ4n) is 9.79. The predicted molar refractivity (Wildman–Crippen MR) is 269 cm³/mol. The van der Waals surface area contributed by atoms with E-state index in [0.717, 1.165) is 67.2 Å². The van der Waals surface area contributed by atoms with Crippen molar-refractivity contribution >= 4 is 86.1 Å². The average molecular weight is 821 g/mol. The molecule has 0 bridgehead atoms. The van der Waals surface area contributed by atoms with Gasteiger partial charge in [-0.05, 0) is 84.5 Å². The van der Waals surface area contributed by atoms with Gasteiger partial charge in [0.1, 0.15) is 0 Å². The fourth-order valence-corrected chi connectivity index (χ4v) is 9.88. The molecule has 0 amide bonds. The van der Waals surface area contributed by atoms with Gasteiger partial charge in [0.05, 0.1) is 27.6 Å². The van der Waals surface area contributed by atoms with Crippen LogP contribution >= 0.6 is 12.6 Å². The van der Waals surface area contributed by atoms with Crippen molar-refractivity contribution in [1.29, 1.82) is 0 Å². The lowest BCUT2D eigenvalue weighted by molar-refractivity contribution is 0.821. The monoisotopic (exact) mass is 820 g/mol. The van der Waals surface area contributed by atoms with Crippen molar-refractivity contribution in [3.63, 3.8) is 0 Å². The molecule has 0 aliphatic heterocycles. The normalized spacial score (nSPS) is 17.5. The number of rotatable bonds is 10. The van der Waals surface area contributed by atoms with Crippen molar-refractivity contribution < 1.29 is 0 Å². The lowest BCUT2D eigenvalue weighted by Crippen LogP contribution is -2.26. The second-order valence-corrected chi connectivity index (χ2v) is 17.2. The molecule has 2 atom stereocenters. The van der Waals surface area contributed by atoms with Crippen LogP contribution in [0.25, 0.3) is 90.7 Å². The third kappa shape index (κ3) is 6.65. The first kappa shape index (κ1) is 39.2. The van der Waals surface area contributed by atoms with Crippen molar-refractivity contribution in [1.82, 2.24) is 19.1 Å². The third-order valence-corrected chi connectivity index (χ3v) is 12.7. The molecule has 2 aliphatic carbocycles. The van der Waals surface area contributed by atoms with Gasteiger partial charge < -0.3 is 4.57 Å². The molecule has 8 aromatic rings. The maximum Gasteiger partial charge on any atom is 0.235 e. The minimum absolute atomic E-state index is 0.247. The number of benzene rings is 5. The Kier molecular flexibility index (Phi) is 10.0. The van der Waals surface area contributed by atoms with Crippen LogP contribution in [0.5, 0.6) is 0 Å². The molecule has 10 rings (SSSR count). The van der Waals surface area contributed by atoms with Gasteiger partial charge in [0.2, 0.25) is 5.95 Å². The summed E-state index contributed by atoms with van der Waals surface area (Å²) in [5.41, 5.74) is 11.1. The maximum atomic E-state index is 5.40. The Labute approximate surface area is 368 Å². The molecular weight excluding hydrogens is 773 g/mol. The Hall–Kier alpha value is -6.95. The van der Waals surface area contributed by atoms with Gasteiger partial charge in [-0.3, -0.25) is 4.57 Å². The van der Waals surface area contributed by atoms with E-state index in [4.69, 9.17) is 9.97 Å². The highest BCUT2D eigenvalue weighted by Crippen LogP contribution is 2.42. The first-order valence-corrected chi connectivity index (χ1v) is 21.9. The van der Waals surface area contributed by atoms with Crippen LogP contribution in [0.1, 0.15) is 55.5 Å². The number of hydrogen-bond acceptors (Lipinski definition) is 3. The van der Waals surface area contributed by atoms with Gasteiger partial charge in [0.25, 0.3) is 0 Å². The minimum Gasteiger partial charge on any atom is -0.317 e. The van der Waals surface area contributed by atoms with Crippen LogP contribution in [-0.2, 0) is 6.42 Å². The molecule has 0 saturated heterocycles. The molecule has 0 spiro atoms. The van der Waals surface area contributed by atoms with Crippen molar-refractivity contribution in [2.24, 2.45) is 5.41 Å². The zero-order valence-electron chi connectivity index (χ0n) is 35.4. The molecular formula is C57H48N4S. The molecule has 3 heterocycles. The van der Waals surface area contributed by atoms with E-state index in [1.807, 2.05) is 12.2 Å². The molecule has 5 aromatic carbocycles. The van der Waals surface area contributed by atoms with Gasteiger partial charge >= 0.3 is 0 Å². The number of aromatic nitrogens is 4. The summed E-state index contributed by atoms with van der Waals surface area (Å²) in [5.74, 6) is 0.913. The number of nitrogens with zero attached hydrogens (tertiary/aromatic N) is 4. The highest BCUT2D eigenvalue weighted by molar-refractivity contribution is 7.84. The molecule has 2 aliphatic rings. The average Bonchev–Trinajstić information content (AvgIpc) is 3.92. The van der Waals surface area contributed by atoms with Crippen molar-refractivity contribution in [2.45, 2.75) is 39.5 Å². The molecule has 0 N–H and O–H groups in total. The third-order valence-electron chi connectivity index (χ3n) is 12.5. The molecule has 302 valence electrons. The second-order valence-electron chi connectivity index (χ2n) is 16.6. The van der Waals surface area contributed by atoms with Crippen LogP contribution in [0, 0.1) is 5.41 Å². The van der Waals surface area contributed by atoms with Crippen LogP contribution in [0.4, 0.5) is 0 Å². The molecule has 62 heavy (non-hydrogen) atoms. The van der Waals surface area contributed by atoms with Crippen LogP contribution < -0.4 is 10.6 Å². The highest BCUT2D eigenvalue weighted by atomic mass is 32.1.